The lowest BCUT2D eigenvalue weighted by Crippen LogP contribution is -2.23. The average molecular weight is 296 g/mol. The third-order valence-electron chi connectivity index (χ3n) is 2.54. The van der Waals surface area contributed by atoms with Crippen molar-refractivity contribution in [3.63, 3.8) is 0 Å². The maximum atomic E-state index is 12.0. The molecular weight excluding hydrogens is 280 g/mol. The molecule has 0 aliphatic heterocycles. The SMILES string of the molecule is CCNCc1ccc(S(=O)(=O)NCc2ccncn2)o1. The van der Waals surface area contributed by atoms with E-state index in [2.05, 4.69) is 20.0 Å². The Kier molecular flexibility index (Phi) is 4.83. The number of sulfonamides is 1. The van der Waals surface area contributed by atoms with E-state index < -0.39 is 10.0 Å². The van der Waals surface area contributed by atoms with Gasteiger partial charge in [0.25, 0.3) is 10.0 Å². The zero-order valence-corrected chi connectivity index (χ0v) is 11.9. The zero-order chi connectivity index (χ0) is 14.4. The van der Waals surface area contributed by atoms with Gasteiger partial charge in [-0.15, -0.1) is 0 Å². The molecule has 0 amide bonds. The minimum absolute atomic E-state index is 0.0914. The monoisotopic (exact) mass is 296 g/mol. The molecule has 0 bridgehead atoms. The third kappa shape index (κ3) is 3.86. The van der Waals surface area contributed by atoms with Gasteiger partial charge in [0.05, 0.1) is 18.8 Å². The Bertz CT molecular complexity index is 640. The standard InChI is InChI=1S/C12H16N4O3S/c1-2-13-8-11-3-4-12(19-11)20(17,18)16-7-10-5-6-14-9-15-10/h3-6,9,13,16H,2,7-8H2,1H3. The summed E-state index contributed by atoms with van der Waals surface area (Å²) in [5.41, 5.74) is 0.586. The van der Waals surface area contributed by atoms with Gasteiger partial charge in [-0.1, -0.05) is 6.92 Å². The van der Waals surface area contributed by atoms with Crippen molar-refractivity contribution in [2.75, 3.05) is 6.54 Å². The molecule has 2 N–H and O–H groups in total. The Balaban J connectivity index is 2.01. The van der Waals surface area contributed by atoms with Crippen LogP contribution in [0.3, 0.4) is 0 Å². The molecule has 0 unspecified atom stereocenters. The van der Waals surface area contributed by atoms with Crippen molar-refractivity contribution in [3.05, 3.63) is 42.2 Å². The summed E-state index contributed by atoms with van der Waals surface area (Å²) in [6.45, 7) is 3.34. The van der Waals surface area contributed by atoms with Gasteiger partial charge in [0, 0.05) is 6.20 Å². The highest BCUT2D eigenvalue weighted by atomic mass is 32.2. The number of furan rings is 1. The van der Waals surface area contributed by atoms with Crippen LogP contribution in [0.2, 0.25) is 0 Å². The topological polar surface area (TPSA) is 97.1 Å². The minimum atomic E-state index is -3.67. The second-order valence-corrected chi connectivity index (χ2v) is 5.72. The molecule has 0 atom stereocenters. The number of hydrogen-bond acceptors (Lipinski definition) is 6. The van der Waals surface area contributed by atoms with E-state index in [-0.39, 0.29) is 11.6 Å². The largest absolute Gasteiger partial charge is 0.447 e. The van der Waals surface area contributed by atoms with Crippen molar-refractivity contribution in [2.45, 2.75) is 25.1 Å². The molecular formula is C12H16N4O3S. The Morgan fingerprint density at radius 1 is 1.25 bits per heavy atom. The third-order valence-corrected chi connectivity index (χ3v) is 3.81. The molecule has 108 valence electrons. The molecule has 2 aromatic rings. The molecule has 0 radical (unpaired) electrons. The van der Waals surface area contributed by atoms with Crippen molar-refractivity contribution >= 4 is 10.0 Å². The molecule has 2 heterocycles. The molecule has 0 aromatic carbocycles. The van der Waals surface area contributed by atoms with E-state index in [1.165, 1.54) is 12.4 Å². The van der Waals surface area contributed by atoms with Gasteiger partial charge in [-0.25, -0.2) is 23.1 Å². The van der Waals surface area contributed by atoms with Crippen LogP contribution in [-0.4, -0.2) is 24.9 Å². The maximum Gasteiger partial charge on any atom is 0.274 e. The lowest BCUT2D eigenvalue weighted by Gasteiger charge is -2.03. The second-order valence-electron chi connectivity index (χ2n) is 4.03. The smallest absolute Gasteiger partial charge is 0.274 e. The van der Waals surface area contributed by atoms with Crippen LogP contribution in [-0.2, 0) is 23.1 Å². The fourth-order valence-corrected chi connectivity index (χ4v) is 2.45. The summed E-state index contributed by atoms with van der Waals surface area (Å²) in [6.07, 6.45) is 2.92. The Morgan fingerprint density at radius 2 is 2.10 bits per heavy atom. The summed E-state index contributed by atoms with van der Waals surface area (Å²) in [5.74, 6) is 0.578. The summed E-state index contributed by atoms with van der Waals surface area (Å²) in [7, 11) is -3.67. The highest BCUT2D eigenvalue weighted by molar-refractivity contribution is 7.89. The molecule has 0 spiro atoms. The van der Waals surface area contributed by atoms with Crippen LogP contribution in [0.1, 0.15) is 18.4 Å². The molecule has 0 aliphatic rings. The lowest BCUT2D eigenvalue weighted by atomic mass is 10.4. The first kappa shape index (κ1) is 14.6. The van der Waals surface area contributed by atoms with Crippen LogP contribution in [0.25, 0.3) is 0 Å². The van der Waals surface area contributed by atoms with Gasteiger partial charge < -0.3 is 9.73 Å². The molecule has 0 fully saturated rings. The van der Waals surface area contributed by atoms with E-state index in [9.17, 15) is 8.42 Å². The highest BCUT2D eigenvalue weighted by Crippen LogP contribution is 2.13. The molecule has 2 rings (SSSR count). The van der Waals surface area contributed by atoms with E-state index in [0.717, 1.165) is 6.54 Å². The van der Waals surface area contributed by atoms with Gasteiger partial charge in [-0.3, -0.25) is 0 Å². The summed E-state index contributed by atoms with van der Waals surface area (Å²) in [4.78, 5) is 7.71. The zero-order valence-electron chi connectivity index (χ0n) is 11.0. The molecule has 20 heavy (non-hydrogen) atoms. The predicted octanol–water partition coefficient (Wildman–Crippen LogP) is 0.658. The van der Waals surface area contributed by atoms with Crippen LogP contribution in [0.15, 0.2) is 40.2 Å². The Hall–Kier alpha value is -1.77. The average Bonchev–Trinajstić information content (AvgIpc) is 2.94. The first-order valence-electron chi connectivity index (χ1n) is 6.16. The summed E-state index contributed by atoms with van der Waals surface area (Å²) < 4.78 is 31.8. The van der Waals surface area contributed by atoms with Gasteiger partial charge in [-0.2, -0.15) is 0 Å². The van der Waals surface area contributed by atoms with Crippen LogP contribution >= 0.6 is 0 Å². The van der Waals surface area contributed by atoms with Crippen molar-refractivity contribution < 1.29 is 12.8 Å². The molecule has 0 aliphatic carbocycles. The minimum Gasteiger partial charge on any atom is -0.447 e. The Labute approximate surface area is 117 Å². The van der Waals surface area contributed by atoms with E-state index in [1.807, 2.05) is 6.92 Å². The quantitative estimate of drug-likeness (QED) is 0.779. The molecule has 0 saturated carbocycles. The van der Waals surface area contributed by atoms with E-state index in [0.29, 0.717) is 18.0 Å². The highest BCUT2D eigenvalue weighted by Gasteiger charge is 2.18. The number of hydrogen-bond donors (Lipinski definition) is 2. The van der Waals surface area contributed by atoms with Crippen LogP contribution < -0.4 is 10.0 Å². The fourth-order valence-electron chi connectivity index (χ4n) is 1.51. The normalized spacial score (nSPS) is 11.7. The van der Waals surface area contributed by atoms with Crippen LogP contribution in [0.5, 0.6) is 0 Å². The lowest BCUT2D eigenvalue weighted by molar-refractivity contribution is 0.401. The molecule has 2 aromatic heterocycles. The van der Waals surface area contributed by atoms with Crippen LogP contribution in [0, 0.1) is 0 Å². The number of nitrogens with one attached hydrogen (secondary N) is 2. The first-order chi connectivity index (χ1) is 9.62. The number of rotatable bonds is 7. The number of aromatic nitrogens is 2. The van der Waals surface area contributed by atoms with Gasteiger partial charge in [-0.05, 0) is 24.7 Å². The van der Waals surface area contributed by atoms with Gasteiger partial charge in [0.1, 0.15) is 12.1 Å². The van der Waals surface area contributed by atoms with E-state index >= 15 is 0 Å². The van der Waals surface area contributed by atoms with E-state index in [4.69, 9.17) is 4.42 Å². The van der Waals surface area contributed by atoms with Crippen molar-refractivity contribution in [1.29, 1.82) is 0 Å². The van der Waals surface area contributed by atoms with Gasteiger partial charge >= 0.3 is 0 Å². The van der Waals surface area contributed by atoms with Crippen molar-refractivity contribution in [2.24, 2.45) is 0 Å². The van der Waals surface area contributed by atoms with Gasteiger partial charge in [0.2, 0.25) is 5.09 Å². The second kappa shape index (κ2) is 6.60. The predicted molar refractivity (Wildman–Crippen MR) is 72.1 cm³/mol. The number of nitrogens with zero attached hydrogens (tertiary/aromatic N) is 2. The van der Waals surface area contributed by atoms with Crippen molar-refractivity contribution in [1.82, 2.24) is 20.0 Å². The molecule has 0 saturated heterocycles. The van der Waals surface area contributed by atoms with Gasteiger partial charge in [0.15, 0.2) is 0 Å². The summed E-state index contributed by atoms with van der Waals surface area (Å²) in [5, 5.41) is 2.96. The molecule has 7 nitrogen and oxygen atoms in total. The van der Waals surface area contributed by atoms with Crippen LogP contribution in [0.4, 0.5) is 0 Å². The van der Waals surface area contributed by atoms with Crippen molar-refractivity contribution in [3.8, 4) is 0 Å². The van der Waals surface area contributed by atoms with E-state index in [1.54, 1.807) is 18.3 Å². The fraction of sp³-hybridized carbons (Fsp3) is 0.333. The summed E-state index contributed by atoms with van der Waals surface area (Å²) in [6, 6.07) is 4.72. The summed E-state index contributed by atoms with van der Waals surface area (Å²) >= 11 is 0. The molecule has 8 heteroatoms. The Morgan fingerprint density at radius 3 is 2.80 bits per heavy atom. The first-order valence-corrected chi connectivity index (χ1v) is 7.64. The maximum absolute atomic E-state index is 12.0.